The average Bonchev–Trinajstić information content (AvgIpc) is 2.97. The second kappa shape index (κ2) is 4.15. The molecule has 0 spiro atoms. The first kappa shape index (κ1) is 10.8. The van der Waals surface area contributed by atoms with Gasteiger partial charge in [0.15, 0.2) is 0 Å². The SMILES string of the molecule is CC(C1CCCO1)N1Cc2ccccc2C1=N. The van der Waals surface area contributed by atoms with Crippen LogP contribution < -0.4 is 0 Å². The molecule has 1 saturated heterocycles. The highest BCUT2D eigenvalue weighted by Crippen LogP contribution is 2.28. The second-order valence-electron chi connectivity index (χ2n) is 4.93. The third-order valence-electron chi connectivity index (χ3n) is 3.89. The van der Waals surface area contributed by atoms with E-state index in [9.17, 15) is 0 Å². The van der Waals surface area contributed by atoms with Gasteiger partial charge in [-0.15, -0.1) is 0 Å². The molecule has 0 radical (unpaired) electrons. The van der Waals surface area contributed by atoms with Crippen LogP contribution in [0.3, 0.4) is 0 Å². The molecule has 2 aliphatic heterocycles. The predicted octanol–water partition coefficient (Wildman–Crippen LogP) is 2.40. The van der Waals surface area contributed by atoms with E-state index < -0.39 is 0 Å². The molecule has 2 aliphatic rings. The van der Waals surface area contributed by atoms with Crippen molar-refractivity contribution in [1.29, 1.82) is 5.41 Å². The zero-order valence-corrected chi connectivity index (χ0v) is 10.1. The number of hydrogen-bond donors (Lipinski definition) is 1. The highest BCUT2D eigenvalue weighted by Gasteiger charge is 2.33. The molecule has 1 aromatic carbocycles. The monoisotopic (exact) mass is 230 g/mol. The Labute approximate surface area is 102 Å². The minimum atomic E-state index is 0.296. The van der Waals surface area contributed by atoms with Gasteiger partial charge in [0.25, 0.3) is 0 Å². The van der Waals surface area contributed by atoms with E-state index in [1.165, 1.54) is 5.56 Å². The van der Waals surface area contributed by atoms with Crippen molar-refractivity contribution in [3.8, 4) is 0 Å². The predicted molar refractivity (Wildman–Crippen MR) is 67.2 cm³/mol. The van der Waals surface area contributed by atoms with Crippen molar-refractivity contribution in [3.05, 3.63) is 35.4 Å². The summed E-state index contributed by atoms with van der Waals surface area (Å²) in [5.74, 6) is 0.656. The van der Waals surface area contributed by atoms with Gasteiger partial charge in [-0.25, -0.2) is 0 Å². The number of fused-ring (bicyclic) bond motifs is 1. The zero-order valence-electron chi connectivity index (χ0n) is 10.1. The fourth-order valence-electron chi connectivity index (χ4n) is 2.84. The minimum Gasteiger partial charge on any atom is -0.376 e. The van der Waals surface area contributed by atoms with Crippen LogP contribution in [0.2, 0.25) is 0 Å². The molecule has 1 fully saturated rings. The molecule has 90 valence electrons. The largest absolute Gasteiger partial charge is 0.376 e. The molecule has 2 atom stereocenters. The van der Waals surface area contributed by atoms with E-state index in [4.69, 9.17) is 10.1 Å². The van der Waals surface area contributed by atoms with Gasteiger partial charge in [0.05, 0.1) is 12.1 Å². The van der Waals surface area contributed by atoms with E-state index >= 15 is 0 Å². The van der Waals surface area contributed by atoms with E-state index in [0.29, 0.717) is 18.0 Å². The molecule has 1 N–H and O–H groups in total. The number of rotatable bonds is 2. The van der Waals surface area contributed by atoms with Gasteiger partial charge < -0.3 is 9.64 Å². The van der Waals surface area contributed by atoms with Crippen LogP contribution >= 0.6 is 0 Å². The quantitative estimate of drug-likeness (QED) is 0.847. The normalized spacial score (nSPS) is 25.1. The van der Waals surface area contributed by atoms with E-state index in [2.05, 4.69) is 17.9 Å². The smallest absolute Gasteiger partial charge is 0.129 e. The van der Waals surface area contributed by atoms with Crippen LogP contribution in [0.5, 0.6) is 0 Å². The second-order valence-corrected chi connectivity index (χ2v) is 4.93. The molecule has 17 heavy (non-hydrogen) atoms. The van der Waals surface area contributed by atoms with Crippen LogP contribution in [0.4, 0.5) is 0 Å². The zero-order chi connectivity index (χ0) is 11.8. The summed E-state index contributed by atoms with van der Waals surface area (Å²) >= 11 is 0. The van der Waals surface area contributed by atoms with Crippen LogP contribution in [-0.2, 0) is 11.3 Å². The van der Waals surface area contributed by atoms with Gasteiger partial charge >= 0.3 is 0 Å². The summed E-state index contributed by atoms with van der Waals surface area (Å²) in [5.41, 5.74) is 2.35. The Hall–Kier alpha value is -1.35. The van der Waals surface area contributed by atoms with Gasteiger partial charge in [0, 0.05) is 18.7 Å². The first-order chi connectivity index (χ1) is 8.27. The summed E-state index contributed by atoms with van der Waals surface area (Å²) in [6.07, 6.45) is 2.58. The maximum Gasteiger partial charge on any atom is 0.129 e. The molecular weight excluding hydrogens is 212 g/mol. The lowest BCUT2D eigenvalue weighted by Crippen LogP contribution is -2.41. The first-order valence-corrected chi connectivity index (χ1v) is 6.32. The van der Waals surface area contributed by atoms with Crippen molar-refractivity contribution in [2.24, 2.45) is 0 Å². The van der Waals surface area contributed by atoms with Crippen molar-refractivity contribution < 1.29 is 4.74 Å². The van der Waals surface area contributed by atoms with E-state index in [-0.39, 0.29) is 0 Å². The van der Waals surface area contributed by atoms with E-state index in [0.717, 1.165) is 31.6 Å². The summed E-state index contributed by atoms with van der Waals surface area (Å²) in [5, 5.41) is 8.25. The standard InChI is InChI=1S/C14H18N2O/c1-10(13-7-4-8-17-13)16-9-11-5-2-3-6-12(11)14(16)15/h2-3,5-6,10,13,15H,4,7-9H2,1H3. The number of nitrogens with zero attached hydrogens (tertiary/aromatic N) is 1. The lowest BCUT2D eigenvalue weighted by Gasteiger charge is -2.30. The van der Waals surface area contributed by atoms with Gasteiger partial charge in [-0.3, -0.25) is 5.41 Å². The Kier molecular flexibility index (Phi) is 2.63. The molecule has 2 heterocycles. The molecule has 0 amide bonds. The van der Waals surface area contributed by atoms with Crippen molar-refractivity contribution in [3.63, 3.8) is 0 Å². The van der Waals surface area contributed by atoms with Gasteiger partial charge in [-0.1, -0.05) is 24.3 Å². The van der Waals surface area contributed by atoms with Crippen LogP contribution in [0.15, 0.2) is 24.3 Å². The number of ether oxygens (including phenoxy) is 1. The number of hydrogen-bond acceptors (Lipinski definition) is 2. The maximum atomic E-state index is 8.25. The molecule has 0 bridgehead atoms. The number of nitrogens with one attached hydrogen (secondary N) is 1. The summed E-state index contributed by atoms with van der Waals surface area (Å²) in [6.45, 7) is 3.91. The summed E-state index contributed by atoms with van der Waals surface area (Å²) in [4.78, 5) is 2.17. The maximum absolute atomic E-state index is 8.25. The fraction of sp³-hybridized carbons (Fsp3) is 0.500. The van der Waals surface area contributed by atoms with Crippen molar-refractivity contribution >= 4 is 5.84 Å². The Balaban J connectivity index is 1.81. The summed E-state index contributed by atoms with van der Waals surface area (Å²) in [7, 11) is 0. The Bertz CT molecular complexity index is 438. The molecule has 0 aliphatic carbocycles. The topological polar surface area (TPSA) is 36.3 Å². The molecule has 1 aromatic rings. The molecule has 3 rings (SSSR count). The van der Waals surface area contributed by atoms with Crippen LogP contribution in [-0.4, -0.2) is 29.5 Å². The highest BCUT2D eigenvalue weighted by atomic mass is 16.5. The van der Waals surface area contributed by atoms with E-state index in [1.54, 1.807) is 0 Å². The Morgan fingerprint density at radius 2 is 2.24 bits per heavy atom. The Morgan fingerprint density at radius 1 is 1.41 bits per heavy atom. The Morgan fingerprint density at radius 3 is 2.94 bits per heavy atom. The number of benzene rings is 1. The lowest BCUT2D eigenvalue weighted by atomic mass is 10.1. The molecule has 3 nitrogen and oxygen atoms in total. The van der Waals surface area contributed by atoms with Gasteiger partial charge in [0.2, 0.25) is 0 Å². The van der Waals surface area contributed by atoms with E-state index in [1.807, 2.05) is 18.2 Å². The third kappa shape index (κ3) is 1.75. The van der Waals surface area contributed by atoms with Crippen molar-refractivity contribution in [2.45, 2.75) is 38.5 Å². The highest BCUT2D eigenvalue weighted by molar-refractivity contribution is 6.00. The summed E-state index contributed by atoms with van der Waals surface area (Å²) in [6, 6.07) is 8.52. The minimum absolute atomic E-state index is 0.296. The van der Waals surface area contributed by atoms with Crippen molar-refractivity contribution in [1.82, 2.24) is 4.90 Å². The molecule has 0 aromatic heterocycles. The lowest BCUT2D eigenvalue weighted by molar-refractivity contribution is 0.0552. The average molecular weight is 230 g/mol. The third-order valence-corrected chi connectivity index (χ3v) is 3.89. The summed E-state index contributed by atoms with van der Waals surface area (Å²) < 4.78 is 5.74. The molecular formula is C14H18N2O. The van der Waals surface area contributed by atoms with Crippen LogP contribution in [0.25, 0.3) is 0 Å². The first-order valence-electron chi connectivity index (χ1n) is 6.32. The number of amidine groups is 1. The van der Waals surface area contributed by atoms with Crippen molar-refractivity contribution in [2.75, 3.05) is 6.61 Å². The molecule has 0 saturated carbocycles. The van der Waals surface area contributed by atoms with Gasteiger partial charge in [-0.05, 0) is 25.3 Å². The fourth-order valence-corrected chi connectivity index (χ4v) is 2.84. The molecule has 3 heteroatoms. The molecule has 2 unspecified atom stereocenters. The van der Waals surface area contributed by atoms with Crippen LogP contribution in [0, 0.1) is 5.41 Å². The van der Waals surface area contributed by atoms with Gasteiger partial charge in [0.1, 0.15) is 5.84 Å². The van der Waals surface area contributed by atoms with Crippen LogP contribution in [0.1, 0.15) is 30.9 Å². The van der Waals surface area contributed by atoms with Gasteiger partial charge in [-0.2, -0.15) is 0 Å².